The summed E-state index contributed by atoms with van der Waals surface area (Å²) in [4.78, 5) is 2.79. The zero-order valence-corrected chi connectivity index (χ0v) is 14.7. The van der Waals surface area contributed by atoms with Gasteiger partial charge in [-0.1, -0.05) is 47.5 Å². The molecule has 0 aromatic rings. The van der Waals surface area contributed by atoms with Crippen molar-refractivity contribution in [2.24, 2.45) is 11.3 Å². The molecule has 1 fully saturated rings. The van der Waals surface area contributed by atoms with E-state index in [0.717, 1.165) is 18.5 Å². The van der Waals surface area contributed by atoms with Crippen LogP contribution in [0.5, 0.6) is 0 Å². The first kappa shape index (κ1) is 18.0. The molecule has 0 radical (unpaired) electrons. The van der Waals surface area contributed by atoms with Crippen LogP contribution < -0.4 is 5.32 Å². The predicted molar refractivity (Wildman–Crippen MR) is 90.2 cm³/mol. The second kappa shape index (κ2) is 9.04. The first-order valence-corrected chi connectivity index (χ1v) is 8.95. The number of nitrogens with one attached hydrogen (secondary N) is 1. The minimum absolute atomic E-state index is 0.444. The molecule has 0 aromatic carbocycles. The van der Waals surface area contributed by atoms with Gasteiger partial charge >= 0.3 is 0 Å². The summed E-state index contributed by atoms with van der Waals surface area (Å²) >= 11 is 0. The molecule has 2 nitrogen and oxygen atoms in total. The van der Waals surface area contributed by atoms with E-state index in [1.165, 1.54) is 58.2 Å². The van der Waals surface area contributed by atoms with Crippen molar-refractivity contribution >= 4 is 0 Å². The minimum atomic E-state index is 0.444. The normalized spacial score (nSPS) is 18.8. The van der Waals surface area contributed by atoms with E-state index in [1.54, 1.807) is 0 Å². The topological polar surface area (TPSA) is 15.3 Å². The Hall–Kier alpha value is -0.0800. The Morgan fingerprint density at radius 2 is 1.90 bits per heavy atom. The number of unbranched alkanes of at least 4 members (excludes halogenated alkanes) is 1. The van der Waals surface area contributed by atoms with Gasteiger partial charge in [0.2, 0.25) is 0 Å². The lowest BCUT2D eigenvalue weighted by molar-refractivity contribution is 0.140. The molecule has 2 heteroatoms. The molecule has 0 amide bonds. The molecule has 0 aromatic heterocycles. The fourth-order valence-corrected chi connectivity index (χ4v) is 3.17. The molecule has 0 saturated heterocycles. The average molecular weight is 283 g/mol. The van der Waals surface area contributed by atoms with Gasteiger partial charge in [0.25, 0.3) is 0 Å². The van der Waals surface area contributed by atoms with Crippen LogP contribution in [-0.2, 0) is 0 Å². The van der Waals surface area contributed by atoms with Gasteiger partial charge in [0.1, 0.15) is 0 Å². The van der Waals surface area contributed by atoms with E-state index < -0.39 is 0 Å². The fraction of sp³-hybridized carbons (Fsp3) is 1.00. The molecule has 1 N–H and O–H groups in total. The molecule has 0 heterocycles. The lowest BCUT2D eigenvalue weighted by Crippen LogP contribution is -2.44. The Kier molecular flexibility index (Phi) is 8.13. The second-order valence-corrected chi connectivity index (χ2v) is 7.64. The van der Waals surface area contributed by atoms with Crippen LogP contribution in [0.15, 0.2) is 0 Å². The highest BCUT2D eigenvalue weighted by atomic mass is 15.2. The molecular formula is C18H38N2. The number of nitrogens with zero attached hydrogens (tertiary/aromatic N) is 1. The van der Waals surface area contributed by atoms with E-state index in [0.29, 0.717) is 5.41 Å². The summed E-state index contributed by atoms with van der Waals surface area (Å²) in [5.41, 5.74) is 0.444. The molecule has 1 atom stereocenters. The van der Waals surface area contributed by atoms with Gasteiger partial charge in [-0.2, -0.15) is 0 Å². The molecule has 120 valence electrons. The Balaban J connectivity index is 2.48. The van der Waals surface area contributed by atoms with E-state index in [1.807, 2.05) is 0 Å². The predicted octanol–water partition coefficient (Wildman–Crippen LogP) is 4.30. The van der Waals surface area contributed by atoms with Gasteiger partial charge in [-0.15, -0.1) is 0 Å². The third-order valence-corrected chi connectivity index (χ3v) is 4.40. The second-order valence-electron chi connectivity index (χ2n) is 7.64. The van der Waals surface area contributed by atoms with Crippen LogP contribution in [0.3, 0.4) is 0 Å². The molecule has 1 rings (SSSR count). The van der Waals surface area contributed by atoms with Crippen molar-refractivity contribution in [3.05, 3.63) is 0 Å². The number of rotatable bonds is 12. The quantitative estimate of drug-likeness (QED) is 0.574. The summed E-state index contributed by atoms with van der Waals surface area (Å²) in [5, 5.41) is 3.70. The summed E-state index contributed by atoms with van der Waals surface area (Å²) in [7, 11) is 0. The van der Waals surface area contributed by atoms with Crippen molar-refractivity contribution in [3.8, 4) is 0 Å². The smallest absolute Gasteiger partial charge is 0.00966 e. The zero-order valence-electron chi connectivity index (χ0n) is 14.7. The molecule has 20 heavy (non-hydrogen) atoms. The molecular weight excluding hydrogens is 244 g/mol. The Labute approximate surface area is 127 Å². The van der Waals surface area contributed by atoms with E-state index in [4.69, 9.17) is 0 Å². The maximum atomic E-state index is 3.70. The molecule has 1 aliphatic carbocycles. The summed E-state index contributed by atoms with van der Waals surface area (Å²) < 4.78 is 0. The molecule has 1 unspecified atom stereocenters. The van der Waals surface area contributed by atoms with Crippen LogP contribution in [-0.4, -0.2) is 37.1 Å². The van der Waals surface area contributed by atoms with Gasteiger partial charge in [0.15, 0.2) is 0 Å². The molecule has 0 spiro atoms. The van der Waals surface area contributed by atoms with Gasteiger partial charge in [0.05, 0.1) is 0 Å². The summed E-state index contributed by atoms with van der Waals surface area (Å²) in [6.07, 6.45) is 8.19. The third-order valence-electron chi connectivity index (χ3n) is 4.40. The van der Waals surface area contributed by atoms with Gasteiger partial charge in [-0.25, -0.2) is 0 Å². The minimum Gasteiger partial charge on any atom is -0.316 e. The summed E-state index contributed by atoms with van der Waals surface area (Å²) in [6, 6.07) is 0.905. The maximum Gasteiger partial charge on any atom is 0.00966 e. The van der Waals surface area contributed by atoms with Crippen molar-refractivity contribution < 1.29 is 0 Å². The highest BCUT2D eigenvalue weighted by molar-refractivity contribution is 4.89. The van der Waals surface area contributed by atoms with Crippen LogP contribution in [0.25, 0.3) is 0 Å². The lowest BCUT2D eigenvalue weighted by atomic mass is 9.84. The van der Waals surface area contributed by atoms with Crippen LogP contribution in [0, 0.1) is 11.3 Å². The monoisotopic (exact) mass is 282 g/mol. The molecule has 1 saturated carbocycles. The highest BCUT2D eigenvalue weighted by Crippen LogP contribution is 2.32. The van der Waals surface area contributed by atoms with Crippen LogP contribution in [0.2, 0.25) is 0 Å². The first-order chi connectivity index (χ1) is 9.50. The Morgan fingerprint density at radius 3 is 2.40 bits per heavy atom. The van der Waals surface area contributed by atoms with Crippen LogP contribution in [0.1, 0.15) is 73.1 Å². The highest BCUT2D eigenvalue weighted by Gasteiger charge is 2.34. The van der Waals surface area contributed by atoms with Crippen molar-refractivity contribution in [2.75, 3.05) is 26.2 Å². The number of hydrogen-bond donors (Lipinski definition) is 1. The maximum absolute atomic E-state index is 3.70. The van der Waals surface area contributed by atoms with Gasteiger partial charge in [-0.05, 0) is 50.1 Å². The fourth-order valence-electron chi connectivity index (χ4n) is 3.17. The van der Waals surface area contributed by atoms with E-state index in [9.17, 15) is 0 Å². The third kappa shape index (κ3) is 7.08. The van der Waals surface area contributed by atoms with E-state index in [-0.39, 0.29) is 0 Å². The van der Waals surface area contributed by atoms with Gasteiger partial charge < -0.3 is 5.32 Å². The first-order valence-electron chi connectivity index (χ1n) is 8.95. The van der Waals surface area contributed by atoms with Gasteiger partial charge in [-0.3, -0.25) is 4.90 Å². The van der Waals surface area contributed by atoms with Crippen molar-refractivity contribution in [1.82, 2.24) is 10.2 Å². The SMILES string of the molecule is CCCCN(CC(C)(CCC)CNCC(C)C)C1CC1. The summed E-state index contributed by atoms with van der Waals surface area (Å²) in [6.45, 7) is 16.6. The van der Waals surface area contributed by atoms with Gasteiger partial charge in [0, 0.05) is 19.1 Å². The van der Waals surface area contributed by atoms with Crippen molar-refractivity contribution in [2.45, 2.75) is 79.2 Å². The average Bonchev–Trinajstić information content (AvgIpc) is 3.18. The van der Waals surface area contributed by atoms with Crippen LogP contribution in [0.4, 0.5) is 0 Å². The van der Waals surface area contributed by atoms with Crippen molar-refractivity contribution in [3.63, 3.8) is 0 Å². The van der Waals surface area contributed by atoms with E-state index in [2.05, 4.69) is 44.8 Å². The summed E-state index contributed by atoms with van der Waals surface area (Å²) in [5.74, 6) is 0.750. The molecule has 1 aliphatic rings. The van der Waals surface area contributed by atoms with E-state index >= 15 is 0 Å². The molecule has 0 aliphatic heterocycles. The largest absolute Gasteiger partial charge is 0.316 e. The van der Waals surface area contributed by atoms with Crippen molar-refractivity contribution in [1.29, 1.82) is 0 Å². The molecule has 0 bridgehead atoms. The van der Waals surface area contributed by atoms with Crippen LogP contribution >= 0.6 is 0 Å². The Morgan fingerprint density at radius 1 is 1.20 bits per heavy atom. The number of hydrogen-bond acceptors (Lipinski definition) is 2. The lowest BCUT2D eigenvalue weighted by Gasteiger charge is -2.36. The standard InChI is InChI=1S/C18H38N2/c1-6-8-12-20(17-9-10-17)15-18(5,11-7-2)14-19-13-16(3)4/h16-17,19H,6-15H2,1-5H3. The Bertz CT molecular complexity index is 248. The zero-order chi connectivity index (χ0) is 15.0.